The summed E-state index contributed by atoms with van der Waals surface area (Å²) >= 11 is 0. The molecule has 9 heteroatoms. The first-order chi connectivity index (χ1) is 15.2. The minimum atomic E-state index is -2.48. The quantitative estimate of drug-likeness (QED) is 0.302. The number of ketones is 2. The van der Waals surface area contributed by atoms with Crippen molar-refractivity contribution in [1.82, 2.24) is 5.32 Å². The molecule has 172 valence electrons. The molecule has 0 aliphatic carbocycles. The number of nitrogens with one attached hydrogen (secondary N) is 1. The average molecular weight is 445 g/mol. The van der Waals surface area contributed by atoms with Crippen LogP contribution in [0.3, 0.4) is 0 Å². The summed E-state index contributed by atoms with van der Waals surface area (Å²) in [5.41, 5.74) is -4.63. The highest BCUT2D eigenvalue weighted by molar-refractivity contribution is 6.23. The number of rotatable bonds is 8. The normalized spacial score (nSPS) is 29.5. The molecule has 32 heavy (non-hydrogen) atoms. The average Bonchev–Trinajstić information content (AvgIpc) is 3.21. The summed E-state index contributed by atoms with van der Waals surface area (Å²) in [4.78, 5) is 39.5. The lowest BCUT2D eigenvalue weighted by Gasteiger charge is -2.32. The third-order valence-corrected chi connectivity index (χ3v) is 5.83. The van der Waals surface area contributed by atoms with Gasteiger partial charge in [0, 0.05) is 25.4 Å². The first-order valence-corrected chi connectivity index (χ1v) is 10.2. The molecule has 1 spiro atoms. The van der Waals surface area contributed by atoms with Gasteiger partial charge in [0.2, 0.25) is 17.3 Å². The Morgan fingerprint density at radius 3 is 2.50 bits per heavy atom. The Kier molecular flexibility index (Phi) is 6.66. The molecule has 3 rings (SSSR count). The van der Waals surface area contributed by atoms with E-state index in [1.54, 1.807) is 30.4 Å². The highest BCUT2D eigenvalue weighted by atomic mass is 16.6. The van der Waals surface area contributed by atoms with Gasteiger partial charge >= 0.3 is 0 Å². The van der Waals surface area contributed by atoms with Gasteiger partial charge in [0.05, 0.1) is 0 Å². The molecule has 5 atom stereocenters. The van der Waals surface area contributed by atoms with Crippen LogP contribution in [0.2, 0.25) is 0 Å². The fraction of sp³-hybridized carbons (Fsp3) is 0.435. The van der Waals surface area contributed by atoms with Gasteiger partial charge in [-0.15, -0.1) is 0 Å². The standard InChI is InChI=1S/C23H27NO8/c1-5-6-12-15(30-3)16(25)17-13(2)18(26)22(32-17)20(28)23(31-4,24-21(22)29)19(27)14-10-8-7-9-11-14/h6-12,15-16,20,25,28H,5H2,1-4H3,(H,24,29)/b12-6-/t15-,16?,20?,22+,23+/m0/s1. The number of aliphatic hydroxyl groups excluding tert-OH is 2. The lowest BCUT2D eigenvalue weighted by Crippen LogP contribution is -2.60. The van der Waals surface area contributed by atoms with Crippen LogP contribution in [-0.2, 0) is 23.8 Å². The van der Waals surface area contributed by atoms with Crippen LogP contribution < -0.4 is 5.32 Å². The van der Waals surface area contributed by atoms with Gasteiger partial charge in [-0.25, -0.2) is 0 Å². The molecular formula is C23H27NO8. The fourth-order valence-electron chi connectivity index (χ4n) is 4.01. The van der Waals surface area contributed by atoms with Crippen molar-refractivity contribution in [2.75, 3.05) is 14.2 Å². The maximum Gasteiger partial charge on any atom is 0.278 e. The van der Waals surface area contributed by atoms with Gasteiger partial charge in [0.1, 0.15) is 18.0 Å². The van der Waals surface area contributed by atoms with Crippen LogP contribution in [0.5, 0.6) is 0 Å². The largest absolute Gasteiger partial charge is 0.467 e. The molecule has 1 fully saturated rings. The summed E-state index contributed by atoms with van der Waals surface area (Å²) in [6, 6.07) is 7.91. The van der Waals surface area contributed by atoms with Gasteiger partial charge in [-0.1, -0.05) is 49.4 Å². The Hall–Kier alpha value is -2.85. The number of amides is 1. The first-order valence-electron chi connectivity index (χ1n) is 10.2. The lowest BCUT2D eigenvalue weighted by atomic mass is 9.85. The summed E-state index contributed by atoms with van der Waals surface area (Å²) in [5.74, 6) is -2.87. The Bertz CT molecular complexity index is 971. The lowest BCUT2D eigenvalue weighted by molar-refractivity contribution is -0.163. The number of carbonyl (C=O) groups excluding carboxylic acids is 3. The van der Waals surface area contributed by atoms with Crippen LogP contribution in [0, 0.1) is 0 Å². The molecule has 1 aromatic carbocycles. The molecule has 1 amide bonds. The van der Waals surface area contributed by atoms with E-state index in [-0.39, 0.29) is 16.9 Å². The summed E-state index contributed by atoms with van der Waals surface area (Å²) in [6.07, 6.45) is -0.248. The minimum absolute atomic E-state index is 0.0577. The van der Waals surface area contributed by atoms with Gasteiger partial charge in [-0.05, 0) is 13.3 Å². The van der Waals surface area contributed by atoms with E-state index in [2.05, 4.69) is 5.32 Å². The predicted octanol–water partition coefficient (Wildman–Crippen LogP) is 0.657. The molecule has 2 aliphatic heterocycles. The summed E-state index contributed by atoms with van der Waals surface area (Å²) < 4.78 is 16.3. The molecule has 2 aliphatic rings. The zero-order valence-electron chi connectivity index (χ0n) is 18.3. The van der Waals surface area contributed by atoms with E-state index in [1.165, 1.54) is 26.2 Å². The third kappa shape index (κ3) is 3.38. The molecule has 2 heterocycles. The SMILES string of the molecule is CC/C=C\[C@H](OC)C(O)C1=C(C)C(=O)[C@]2(O1)C(=O)N[C@@](OC)(C(=O)c1ccccc1)C2O. The number of Topliss-reactive ketones (excluding diaryl/α,β-unsaturated/α-hetero) is 2. The van der Waals surface area contributed by atoms with E-state index in [0.717, 1.165) is 7.11 Å². The number of hydrogen-bond donors (Lipinski definition) is 3. The van der Waals surface area contributed by atoms with Crippen molar-refractivity contribution in [2.45, 2.75) is 49.9 Å². The third-order valence-electron chi connectivity index (χ3n) is 5.83. The van der Waals surface area contributed by atoms with Crippen molar-refractivity contribution in [2.24, 2.45) is 0 Å². The van der Waals surface area contributed by atoms with Crippen molar-refractivity contribution in [1.29, 1.82) is 0 Å². The zero-order chi connectivity index (χ0) is 23.7. The van der Waals surface area contributed by atoms with Crippen LogP contribution in [-0.4, -0.2) is 71.5 Å². The van der Waals surface area contributed by atoms with E-state index >= 15 is 0 Å². The van der Waals surface area contributed by atoms with Gasteiger partial charge in [-0.2, -0.15) is 0 Å². The summed E-state index contributed by atoms with van der Waals surface area (Å²) in [7, 11) is 2.51. The maximum atomic E-state index is 13.2. The van der Waals surface area contributed by atoms with Crippen LogP contribution in [0.25, 0.3) is 0 Å². The van der Waals surface area contributed by atoms with E-state index in [9.17, 15) is 24.6 Å². The van der Waals surface area contributed by atoms with Gasteiger partial charge in [0.15, 0.2) is 6.10 Å². The molecule has 0 saturated carbocycles. The Morgan fingerprint density at radius 1 is 1.28 bits per heavy atom. The van der Waals surface area contributed by atoms with Crippen molar-refractivity contribution in [3.63, 3.8) is 0 Å². The van der Waals surface area contributed by atoms with E-state index in [0.29, 0.717) is 6.42 Å². The first kappa shape index (κ1) is 23.8. The van der Waals surface area contributed by atoms with Crippen molar-refractivity contribution in [3.8, 4) is 0 Å². The maximum absolute atomic E-state index is 13.2. The number of allylic oxidation sites excluding steroid dienone is 1. The summed E-state index contributed by atoms with van der Waals surface area (Å²) in [5, 5.41) is 24.3. The smallest absolute Gasteiger partial charge is 0.278 e. The molecule has 1 aromatic rings. The van der Waals surface area contributed by atoms with Gasteiger partial charge in [0.25, 0.3) is 11.5 Å². The molecular weight excluding hydrogens is 418 g/mol. The molecule has 0 aromatic heterocycles. The van der Waals surface area contributed by atoms with Gasteiger partial charge in [-0.3, -0.25) is 14.4 Å². The zero-order valence-corrected chi connectivity index (χ0v) is 18.3. The number of methoxy groups -OCH3 is 2. The molecule has 1 saturated heterocycles. The summed E-state index contributed by atoms with van der Waals surface area (Å²) in [6.45, 7) is 3.27. The van der Waals surface area contributed by atoms with Crippen molar-refractivity contribution < 1.29 is 38.8 Å². The molecule has 0 radical (unpaired) electrons. The number of benzene rings is 1. The Labute approximate surface area is 185 Å². The van der Waals surface area contributed by atoms with E-state index in [4.69, 9.17) is 14.2 Å². The Morgan fingerprint density at radius 2 is 1.94 bits per heavy atom. The number of aliphatic hydroxyl groups is 2. The van der Waals surface area contributed by atoms with Crippen molar-refractivity contribution >= 4 is 17.5 Å². The fourth-order valence-corrected chi connectivity index (χ4v) is 4.01. The predicted molar refractivity (Wildman–Crippen MR) is 112 cm³/mol. The van der Waals surface area contributed by atoms with Gasteiger partial charge < -0.3 is 29.7 Å². The van der Waals surface area contributed by atoms with Crippen molar-refractivity contribution in [3.05, 3.63) is 59.4 Å². The minimum Gasteiger partial charge on any atom is -0.467 e. The number of carbonyl (C=O) groups is 3. The van der Waals surface area contributed by atoms with Crippen LogP contribution in [0.1, 0.15) is 30.6 Å². The monoisotopic (exact) mass is 445 g/mol. The Balaban J connectivity index is 2.00. The highest BCUT2D eigenvalue weighted by Crippen LogP contribution is 2.44. The van der Waals surface area contributed by atoms with E-state index < -0.39 is 47.1 Å². The molecule has 2 unspecified atom stereocenters. The second-order valence-electron chi connectivity index (χ2n) is 7.63. The molecule has 3 N–H and O–H groups in total. The van der Waals surface area contributed by atoms with Crippen LogP contribution >= 0.6 is 0 Å². The van der Waals surface area contributed by atoms with Crippen LogP contribution in [0.4, 0.5) is 0 Å². The van der Waals surface area contributed by atoms with E-state index in [1.807, 2.05) is 6.92 Å². The molecule has 0 bridgehead atoms. The number of hydrogen-bond acceptors (Lipinski definition) is 8. The van der Waals surface area contributed by atoms with Crippen LogP contribution in [0.15, 0.2) is 53.8 Å². The number of ether oxygens (including phenoxy) is 3. The topological polar surface area (TPSA) is 131 Å². The highest BCUT2D eigenvalue weighted by Gasteiger charge is 2.74. The molecule has 9 nitrogen and oxygen atoms in total. The second-order valence-corrected chi connectivity index (χ2v) is 7.63. The second kappa shape index (κ2) is 8.95.